The van der Waals surface area contributed by atoms with Gasteiger partial charge in [0.15, 0.2) is 11.6 Å². The monoisotopic (exact) mass is 593 g/mol. The zero-order chi connectivity index (χ0) is 28.6. The summed E-state index contributed by atoms with van der Waals surface area (Å²) in [6.07, 6.45) is 4.88. The maximum absolute atomic E-state index is 15.1. The molecule has 0 spiro atoms. The second-order valence-corrected chi connectivity index (χ2v) is 14.6. The van der Waals surface area contributed by atoms with Gasteiger partial charge < -0.3 is 13.7 Å². The van der Waals surface area contributed by atoms with Crippen molar-refractivity contribution in [2.45, 2.75) is 45.7 Å². The summed E-state index contributed by atoms with van der Waals surface area (Å²) in [6, 6.07) is 8.35. The number of aryl methyl sites for hydroxylation is 1. The summed E-state index contributed by atoms with van der Waals surface area (Å²) >= 11 is 0. The summed E-state index contributed by atoms with van der Waals surface area (Å²) in [6.45, 7) is 7.69. The van der Waals surface area contributed by atoms with Gasteiger partial charge in [-0.15, -0.1) is 0 Å². The Hall–Kier alpha value is -2.39. The molecule has 0 amide bonds. The van der Waals surface area contributed by atoms with E-state index in [0.29, 0.717) is 49.9 Å². The molecule has 2 aromatic heterocycles. The second kappa shape index (κ2) is 14.0. The molecule has 1 aliphatic rings. The summed E-state index contributed by atoms with van der Waals surface area (Å²) in [5.74, 6) is 0.774. The van der Waals surface area contributed by atoms with Gasteiger partial charge in [-0.3, -0.25) is 24.3 Å². The molecule has 10 nitrogen and oxygen atoms in total. The van der Waals surface area contributed by atoms with Gasteiger partial charge in [0, 0.05) is 30.9 Å². The average Bonchev–Trinajstić information content (AvgIpc) is 3.31. The zero-order valence-corrected chi connectivity index (χ0v) is 25.0. The van der Waals surface area contributed by atoms with Gasteiger partial charge in [-0.05, 0) is 62.7 Å². The Bertz CT molecular complexity index is 1340. The standard InChI is InChI=1S/C27H38FN5O5P2/c1-4-30-40(35,31-5-2)23(19-39(34)32-12-6-15-37-39)17-21-7-8-26(24(28)18-21)36-16-11-25-20(3)38-27(33-25)22-9-13-29-14-10-22/h7-10,13-14,18,23H,4-6,11-12,15-17,19H2,1-3H3,(H,32,34)(H2,30,31,35). The highest BCUT2D eigenvalue weighted by molar-refractivity contribution is 7.63. The molecule has 0 bridgehead atoms. The first-order chi connectivity index (χ1) is 19.2. The van der Waals surface area contributed by atoms with E-state index in [1.54, 1.807) is 24.5 Å². The van der Waals surface area contributed by atoms with Crippen LogP contribution in [0.4, 0.5) is 4.39 Å². The minimum atomic E-state index is -3.18. The normalized spacial score (nSPS) is 18.5. The lowest BCUT2D eigenvalue weighted by molar-refractivity contribution is 0.277. The van der Waals surface area contributed by atoms with E-state index in [2.05, 4.69) is 25.2 Å². The van der Waals surface area contributed by atoms with Crippen LogP contribution in [0.3, 0.4) is 0 Å². The first-order valence-corrected chi connectivity index (χ1v) is 17.2. The number of oxazole rings is 1. The molecule has 2 unspecified atom stereocenters. The van der Waals surface area contributed by atoms with E-state index in [-0.39, 0.29) is 24.9 Å². The van der Waals surface area contributed by atoms with Crippen molar-refractivity contribution >= 4 is 15.0 Å². The molecular formula is C27H38FN5O5P2. The van der Waals surface area contributed by atoms with Crippen molar-refractivity contribution in [2.75, 3.05) is 39.0 Å². The number of benzene rings is 1. The van der Waals surface area contributed by atoms with Crippen molar-refractivity contribution in [2.24, 2.45) is 0 Å². The quantitative estimate of drug-likeness (QED) is 0.211. The molecule has 3 aromatic rings. The molecule has 1 fully saturated rings. The van der Waals surface area contributed by atoms with Crippen molar-refractivity contribution in [1.82, 2.24) is 25.2 Å². The van der Waals surface area contributed by atoms with Crippen LogP contribution in [-0.4, -0.2) is 54.6 Å². The van der Waals surface area contributed by atoms with Crippen LogP contribution >= 0.6 is 15.0 Å². The number of hydrogen-bond donors (Lipinski definition) is 3. The maximum Gasteiger partial charge on any atom is 0.270 e. The number of pyridine rings is 1. The van der Waals surface area contributed by atoms with Gasteiger partial charge >= 0.3 is 0 Å². The Labute approximate surface area is 234 Å². The van der Waals surface area contributed by atoms with Crippen LogP contribution in [0.2, 0.25) is 0 Å². The largest absolute Gasteiger partial charge is 0.490 e. The van der Waals surface area contributed by atoms with Crippen LogP contribution in [0.15, 0.2) is 47.1 Å². The van der Waals surface area contributed by atoms with Gasteiger partial charge in [-0.25, -0.2) is 14.5 Å². The van der Waals surface area contributed by atoms with Gasteiger partial charge in [0.25, 0.3) is 7.52 Å². The highest BCUT2D eigenvalue weighted by Crippen LogP contribution is 2.53. The van der Waals surface area contributed by atoms with E-state index >= 15 is 4.39 Å². The fourth-order valence-electron chi connectivity index (χ4n) is 4.66. The van der Waals surface area contributed by atoms with Gasteiger partial charge in [0.2, 0.25) is 13.3 Å². The third-order valence-corrected chi connectivity index (χ3v) is 12.1. The Kier molecular flexibility index (Phi) is 10.7. The Balaban J connectivity index is 1.43. The predicted octanol–water partition coefficient (Wildman–Crippen LogP) is 5.33. The molecule has 3 heterocycles. The van der Waals surface area contributed by atoms with Crippen LogP contribution in [0.25, 0.3) is 11.5 Å². The Morgan fingerprint density at radius 3 is 2.60 bits per heavy atom. The first kappa shape index (κ1) is 30.6. The van der Waals surface area contributed by atoms with Gasteiger partial charge in [0.05, 0.1) is 30.7 Å². The van der Waals surface area contributed by atoms with E-state index in [9.17, 15) is 9.13 Å². The number of ether oxygens (including phenoxy) is 1. The number of rotatable bonds is 14. The van der Waals surface area contributed by atoms with Gasteiger partial charge in [-0.2, -0.15) is 0 Å². The van der Waals surface area contributed by atoms with Crippen LogP contribution in [0, 0.1) is 12.7 Å². The van der Waals surface area contributed by atoms with E-state index in [0.717, 1.165) is 17.7 Å². The number of nitrogens with zero attached hydrogens (tertiary/aromatic N) is 2. The van der Waals surface area contributed by atoms with Crippen LogP contribution in [-0.2, 0) is 26.5 Å². The second-order valence-electron chi connectivity index (χ2n) is 9.61. The van der Waals surface area contributed by atoms with Crippen molar-refractivity contribution in [3.05, 3.63) is 65.6 Å². The molecule has 0 radical (unpaired) electrons. The van der Waals surface area contributed by atoms with Crippen molar-refractivity contribution < 1.29 is 27.2 Å². The SMILES string of the molecule is CCNP(=O)(NCC)C(Cc1ccc(OCCc2nc(-c3ccncc3)oc2C)c(F)c1)CP1(=O)NCCCO1. The molecule has 1 aliphatic heterocycles. The van der Waals surface area contributed by atoms with Crippen molar-refractivity contribution in [3.63, 3.8) is 0 Å². The van der Waals surface area contributed by atoms with Gasteiger partial charge in [0.1, 0.15) is 5.76 Å². The molecule has 0 saturated carbocycles. The Morgan fingerprint density at radius 2 is 1.95 bits per heavy atom. The van der Waals surface area contributed by atoms with E-state index < -0.39 is 26.4 Å². The number of halogens is 1. The highest BCUT2D eigenvalue weighted by Gasteiger charge is 2.39. The van der Waals surface area contributed by atoms with Gasteiger partial charge in [-0.1, -0.05) is 19.9 Å². The van der Waals surface area contributed by atoms with E-state index in [4.69, 9.17) is 13.7 Å². The molecule has 0 aliphatic carbocycles. The summed E-state index contributed by atoms with van der Waals surface area (Å²) in [7, 11) is -6.35. The van der Waals surface area contributed by atoms with Crippen molar-refractivity contribution in [3.8, 4) is 17.2 Å². The smallest absolute Gasteiger partial charge is 0.270 e. The Morgan fingerprint density at radius 1 is 1.20 bits per heavy atom. The molecule has 3 N–H and O–H groups in total. The predicted molar refractivity (Wildman–Crippen MR) is 154 cm³/mol. The molecule has 218 valence electrons. The third kappa shape index (κ3) is 7.87. The number of aromatic nitrogens is 2. The van der Waals surface area contributed by atoms with E-state index in [1.807, 2.05) is 32.9 Å². The topological polar surface area (TPSA) is 128 Å². The average molecular weight is 594 g/mol. The van der Waals surface area contributed by atoms with E-state index in [1.165, 1.54) is 6.07 Å². The molecule has 4 rings (SSSR count). The molecule has 2 atom stereocenters. The minimum Gasteiger partial charge on any atom is -0.490 e. The fraction of sp³-hybridized carbons (Fsp3) is 0.481. The van der Waals surface area contributed by atoms with Crippen LogP contribution in [0.5, 0.6) is 5.75 Å². The first-order valence-electron chi connectivity index (χ1n) is 13.6. The summed E-state index contributed by atoms with van der Waals surface area (Å²) < 4.78 is 59.5. The fourth-order valence-corrected chi connectivity index (χ4v) is 10.2. The molecule has 13 heteroatoms. The van der Waals surface area contributed by atoms with Crippen LogP contribution in [0.1, 0.15) is 37.3 Å². The lowest BCUT2D eigenvalue weighted by atomic mass is 10.1. The number of nitrogens with one attached hydrogen (secondary N) is 3. The third-order valence-electron chi connectivity index (χ3n) is 6.61. The summed E-state index contributed by atoms with van der Waals surface area (Å²) in [5, 5.41) is 9.14. The molecular weight excluding hydrogens is 555 g/mol. The van der Waals surface area contributed by atoms with Crippen molar-refractivity contribution in [1.29, 1.82) is 0 Å². The lowest BCUT2D eigenvalue weighted by Crippen LogP contribution is -2.36. The maximum atomic E-state index is 15.1. The zero-order valence-electron chi connectivity index (χ0n) is 23.2. The minimum absolute atomic E-state index is 0.0721. The molecule has 40 heavy (non-hydrogen) atoms. The number of hydrogen-bond acceptors (Lipinski definition) is 7. The van der Waals surface area contributed by atoms with Crippen LogP contribution < -0.4 is 20.0 Å². The summed E-state index contributed by atoms with van der Waals surface area (Å²) in [4.78, 5) is 8.55. The highest BCUT2D eigenvalue weighted by atomic mass is 31.2. The molecule has 1 saturated heterocycles. The summed E-state index contributed by atoms with van der Waals surface area (Å²) in [5.41, 5.74) is 1.63. The lowest BCUT2D eigenvalue weighted by Gasteiger charge is -2.33. The molecule has 1 aromatic carbocycles.